The minimum absolute atomic E-state index is 0.109. The van der Waals surface area contributed by atoms with Crippen LogP contribution in [0.3, 0.4) is 0 Å². The number of carbonyl (C=O) groups excluding carboxylic acids is 1. The molecular weight excluding hydrogens is 256 g/mol. The van der Waals surface area contributed by atoms with Crippen LogP contribution in [0, 0.1) is 0 Å². The number of nitrogens with zero attached hydrogens (tertiary/aromatic N) is 1. The fourth-order valence-electron chi connectivity index (χ4n) is 2.27. The van der Waals surface area contributed by atoms with Crippen molar-refractivity contribution in [2.75, 3.05) is 46.1 Å². The van der Waals surface area contributed by atoms with Crippen molar-refractivity contribution in [1.82, 2.24) is 10.2 Å². The lowest BCUT2D eigenvalue weighted by Crippen LogP contribution is -2.43. The van der Waals surface area contributed by atoms with Crippen molar-refractivity contribution in [3.8, 4) is 0 Å². The maximum atomic E-state index is 11.8. The highest BCUT2D eigenvalue weighted by Gasteiger charge is 2.15. The highest BCUT2D eigenvalue weighted by Crippen LogP contribution is 2.08. The Bertz CT molecular complexity index is 243. The number of nitrogens with one attached hydrogen (secondary N) is 1. The van der Waals surface area contributed by atoms with Gasteiger partial charge in [0.2, 0.25) is 0 Å². The molecule has 5 heteroatoms. The molecule has 0 aromatic heterocycles. The first kappa shape index (κ1) is 17.2. The van der Waals surface area contributed by atoms with Crippen LogP contribution < -0.4 is 5.32 Å². The highest BCUT2D eigenvalue weighted by atomic mass is 16.5. The molecule has 0 unspecified atom stereocenters. The lowest BCUT2D eigenvalue weighted by molar-refractivity contribution is 0.0513. The minimum atomic E-state index is 0.109. The summed E-state index contributed by atoms with van der Waals surface area (Å²) < 4.78 is 10.6. The number of unbranched alkanes of at least 4 members (excludes halogenated alkanes) is 2. The van der Waals surface area contributed by atoms with E-state index in [4.69, 9.17) is 9.47 Å². The topological polar surface area (TPSA) is 50.8 Å². The standard InChI is InChI=1S/C15H30N2O3/c1-2-19-13-14-20-12-8-3-5-9-16-15(18)17-10-6-4-7-11-17/h2-14H2,1H3,(H,16,18). The van der Waals surface area contributed by atoms with Gasteiger partial charge in [-0.3, -0.25) is 0 Å². The van der Waals surface area contributed by atoms with Crippen molar-refractivity contribution in [1.29, 1.82) is 0 Å². The Labute approximate surface area is 123 Å². The smallest absolute Gasteiger partial charge is 0.317 e. The Morgan fingerprint density at radius 2 is 1.75 bits per heavy atom. The first-order chi connectivity index (χ1) is 9.84. The molecule has 0 spiro atoms. The van der Waals surface area contributed by atoms with Crippen molar-refractivity contribution >= 4 is 6.03 Å². The number of carbonyl (C=O) groups is 1. The Morgan fingerprint density at radius 1 is 1.00 bits per heavy atom. The summed E-state index contributed by atoms with van der Waals surface area (Å²) in [5.74, 6) is 0. The summed E-state index contributed by atoms with van der Waals surface area (Å²) >= 11 is 0. The summed E-state index contributed by atoms with van der Waals surface area (Å²) in [5.41, 5.74) is 0. The quantitative estimate of drug-likeness (QED) is 0.627. The van der Waals surface area contributed by atoms with E-state index in [2.05, 4.69) is 5.32 Å². The molecule has 1 fully saturated rings. The van der Waals surface area contributed by atoms with E-state index in [1.165, 1.54) is 6.42 Å². The van der Waals surface area contributed by atoms with Crippen molar-refractivity contribution in [2.45, 2.75) is 45.4 Å². The van der Waals surface area contributed by atoms with Gasteiger partial charge in [-0.15, -0.1) is 0 Å². The molecule has 1 saturated heterocycles. The molecule has 0 bridgehead atoms. The van der Waals surface area contributed by atoms with Crippen molar-refractivity contribution in [3.63, 3.8) is 0 Å². The van der Waals surface area contributed by atoms with Gasteiger partial charge in [0.15, 0.2) is 0 Å². The number of hydrogen-bond donors (Lipinski definition) is 1. The predicted molar refractivity (Wildman–Crippen MR) is 80.0 cm³/mol. The van der Waals surface area contributed by atoms with Gasteiger partial charge in [0.25, 0.3) is 0 Å². The molecule has 1 aliphatic heterocycles. The summed E-state index contributed by atoms with van der Waals surface area (Å²) in [6.45, 7) is 7.49. The fourth-order valence-corrected chi connectivity index (χ4v) is 2.27. The minimum Gasteiger partial charge on any atom is -0.379 e. The lowest BCUT2D eigenvalue weighted by atomic mass is 10.1. The SMILES string of the molecule is CCOCCOCCCCCNC(=O)N1CCCCC1. The number of likely N-dealkylation sites (tertiary alicyclic amines) is 1. The first-order valence-electron chi connectivity index (χ1n) is 8.03. The maximum absolute atomic E-state index is 11.8. The van der Waals surface area contributed by atoms with Crippen LogP contribution in [-0.2, 0) is 9.47 Å². The molecule has 5 nitrogen and oxygen atoms in total. The second-order valence-corrected chi connectivity index (χ2v) is 5.15. The van der Waals surface area contributed by atoms with E-state index < -0.39 is 0 Å². The van der Waals surface area contributed by atoms with Gasteiger partial charge < -0.3 is 19.7 Å². The second kappa shape index (κ2) is 12.0. The van der Waals surface area contributed by atoms with E-state index in [1.54, 1.807) is 0 Å². The predicted octanol–water partition coefficient (Wildman–Crippen LogP) is 2.41. The van der Waals surface area contributed by atoms with E-state index >= 15 is 0 Å². The molecule has 1 rings (SSSR count). The largest absolute Gasteiger partial charge is 0.379 e. The van der Waals surface area contributed by atoms with Crippen LogP contribution in [-0.4, -0.2) is 57.0 Å². The fraction of sp³-hybridized carbons (Fsp3) is 0.933. The third-order valence-electron chi connectivity index (χ3n) is 3.46. The van der Waals surface area contributed by atoms with Gasteiger partial charge in [-0.25, -0.2) is 4.79 Å². The Kier molecular flexibility index (Phi) is 10.3. The van der Waals surface area contributed by atoms with E-state index in [1.807, 2.05) is 11.8 Å². The molecule has 20 heavy (non-hydrogen) atoms. The van der Waals surface area contributed by atoms with E-state index in [0.717, 1.165) is 65.0 Å². The molecule has 0 saturated carbocycles. The zero-order valence-corrected chi connectivity index (χ0v) is 12.9. The molecule has 1 heterocycles. The molecule has 1 aliphatic rings. The lowest BCUT2D eigenvalue weighted by Gasteiger charge is -2.26. The maximum Gasteiger partial charge on any atom is 0.317 e. The molecule has 0 aromatic rings. The van der Waals surface area contributed by atoms with Gasteiger partial charge in [-0.1, -0.05) is 0 Å². The van der Waals surface area contributed by atoms with Gasteiger partial charge in [0, 0.05) is 32.8 Å². The van der Waals surface area contributed by atoms with Crippen LogP contribution in [0.25, 0.3) is 0 Å². The Hall–Kier alpha value is -0.810. The molecule has 0 aliphatic carbocycles. The third kappa shape index (κ3) is 8.38. The van der Waals surface area contributed by atoms with E-state index in [0.29, 0.717) is 13.2 Å². The molecular formula is C15H30N2O3. The molecule has 0 atom stereocenters. The summed E-state index contributed by atoms with van der Waals surface area (Å²) in [4.78, 5) is 13.7. The number of urea groups is 1. The Morgan fingerprint density at radius 3 is 2.50 bits per heavy atom. The van der Waals surface area contributed by atoms with Gasteiger partial charge in [0.1, 0.15) is 0 Å². The van der Waals surface area contributed by atoms with Crippen molar-refractivity contribution in [2.24, 2.45) is 0 Å². The number of ether oxygens (including phenoxy) is 2. The Balaban J connectivity index is 1.83. The van der Waals surface area contributed by atoms with Gasteiger partial charge in [-0.2, -0.15) is 0 Å². The molecule has 118 valence electrons. The monoisotopic (exact) mass is 286 g/mol. The van der Waals surface area contributed by atoms with Crippen LogP contribution in [0.15, 0.2) is 0 Å². The first-order valence-corrected chi connectivity index (χ1v) is 8.03. The third-order valence-corrected chi connectivity index (χ3v) is 3.46. The number of rotatable bonds is 10. The average molecular weight is 286 g/mol. The zero-order valence-electron chi connectivity index (χ0n) is 12.9. The van der Waals surface area contributed by atoms with Crippen LogP contribution in [0.5, 0.6) is 0 Å². The summed E-state index contributed by atoms with van der Waals surface area (Å²) in [6, 6.07) is 0.109. The van der Waals surface area contributed by atoms with Crippen LogP contribution >= 0.6 is 0 Å². The molecule has 2 amide bonds. The molecule has 1 N–H and O–H groups in total. The van der Waals surface area contributed by atoms with Gasteiger partial charge in [0.05, 0.1) is 13.2 Å². The molecule has 0 aromatic carbocycles. The number of hydrogen-bond acceptors (Lipinski definition) is 3. The van der Waals surface area contributed by atoms with Crippen molar-refractivity contribution < 1.29 is 14.3 Å². The highest BCUT2D eigenvalue weighted by molar-refractivity contribution is 5.74. The van der Waals surface area contributed by atoms with Crippen molar-refractivity contribution in [3.05, 3.63) is 0 Å². The number of piperidine rings is 1. The summed E-state index contributed by atoms with van der Waals surface area (Å²) in [6.07, 6.45) is 6.71. The summed E-state index contributed by atoms with van der Waals surface area (Å²) in [5, 5.41) is 3.00. The van der Waals surface area contributed by atoms with Crippen LogP contribution in [0.2, 0.25) is 0 Å². The van der Waals surface area contributed by atoms with E-state index in [9.17, 15) is 4.79 Å². The van der Waals surface area contributed by atoms with Gasteiger partial charge in [-0.05, 0) is 45.4 Å². The normalized spacial score (nSPS) is 15.3. The van der Waals surface area contributed by atoms with Gasteiger partial charge >= 0.3 is 6.03 Å². The zero-order chi connectivity index (χ0) is 14.5. The average Bonchev–Trinajstić information content (AvgIpc) is 2.50. The second-order valence-electron chi connectivity index (χ2n) is 5.15. The summed E-state index contributed by atoms with van der Waals surface area (Å²) in [7, 11) is 0. The van der Waals surface area contributed by atoms with E-state index in [-0.39, 0.29) is 6.03 Å². The number of amides is 2. The van der Waals surface area contributed by atoms with Crippen LogP contribution in [0.1, 0.15) is 45.4 Å². The van der Waals surface area contributed by atoms with Crippen LogP contribution in [0.4, 0.5) is 4.79 Å². The molecule has 0 radical (unpaired) electrons.